The molecule has 0 spiro atoms. The van der Waals surface area contributed by atoms with Gasteiger partial charge in [0.15, 0.2) is 0 Å². The number of piperazine rings is 1. The highest BCUT2D eigenvalue weighted by molar-refractivity contribution is 5.17. The molecule has 1 aliphatic heterocycles. The second-order valence-corrected chi connectivity index (χ2v) is 6.51. The molecule has 2 rings (SSSR count). The maximum Gasteiger partial charge on any atom is 0.122 e. The number of nitrogens with one attached hydrogen (secondary N) is 1. The Kier molecular flexibility index (Phi) is 6.74. The zero-order valence-corrected chi connectivity index (χ0v) is 13.9. The number of nitrogens with zero attached hydrogens (tertiary/aromatic N) is 2. The largest absolute Gasteiger partial charge is 0.468 e. The maximum absolute atomic E-state index is 5.65. The SMILES string of the molecule is CCCN1CCN(Cc2ccoc2CNCC(C)C)CC1. The van der Waals surface area contributed by atoms with Crippen molar-refractivity contribution < 1.29 is 4.42 Å². The van der Waals surface area contributed by atoms with Crippen molar-refractivity contribution in [2.75, 3.05) is 39.3 Å². The molecule has 0 aliphatic carbocycles. The molecule has 0 unspecified atom stereocenters. The van der Waals surface area contributed by atoms with Gasteiger partial charge in [0.1, 0.15) is 5.76 Å². The van der Waals surface area contributed by atoms with Gasteiger partial charge in [0.25, 0.3) is 0 Å². The molecule has 0 amide bonds. The molecular weight excluding hydrogens is 262 g/mol. The van der Waals surface area contributed by atoms with Crippen molar-refractivity contribution in [1.29, 1.82) is 0 Å². The van der Waals surface area contributed by atoms with Crippen molar-refractivity contribution in [1.82, 2.24) is 15.1 Å². The van der Waals surface area contributed by atoms with Crippen LogP contribution in [0.15, 0.2) is 16.7 Å². The molecule has 0 saturated carbocycles. The third-order valence-electron chi connectivity index (χ3n) is 4.07. The Morgan fingerprint density at radius 3 is 2.57 bits per heavy atom. The van der Waals surface area contributed by atoms with Gasteiger partial charge in [0.05, 0.1) is 12.8 Å². The Bertz CT molecular complexity index is 394. The lowest BCUT2D eigenvalue weighted by Gasteiger charge is -2.34. The molecular formula is C17H31N3O. The van der Waals surface area contributed by atoms with Crippen molar-refractivity contribution in [3.63, 3.8) is 0 Å². The molecule has 1 fully saturated rings. The lowest BCUT2D eigenvalue weighted by atomic mass is 10.2. The molecule has 0 atom stereocenters. The van der Waals surface area contributed by atoms with E-state index < -0.39 is 0 Å². The normalized spacial score (nSPS) is 17.7. The molecule has 21 heavy (non-hydrogen) atoms. The first kappa shape index (κ1) is 16.5. The fraction of sp³-hybridized carbons (Fsp3) is 0.765. The van der Waals surface area contributed by atoms with Crippen LogP contribution in [0.1, 0.15) is 38.5 Å². The summed E-state index contributed by atoms with van der Waals surface area (Å²) in [6.07, 6.45) is 3.09. The molecule has 120 valence electrons. The minimum atomic E-state index is 0.676. The zero-order valence-electron chi connectivity index (χ0n) is 13.9. The van der Waals surface area contributed by atoms with Crippen LogP contribution in [-0.4, -0.2) is 49.1 Å². The van der Waals surface area contributed by atoms with Crippen LogP contribution in [0.4, 0.5) is 0 Å². The van der Waals surface area contributed by atoms with Crippen LogP contribution in [0.5, 0.6) is 0 Å². The van der Waals surface area contributed by atoms with Crippen LogP contribution in [0.2, 0.25) is 0 Å². The van der Waals surface area contributed by atoms with Crippen molar-refractivity contribution in [2.24, 2.45) is 5.92 Å². The predicted octanol–water partition coefficient (Wildman–Crippen LogP) is 2.55. The van der Waals surface area contributed by atoms with Crippen molar-refractivity contribution >= 4 is 0 Å². The quantitative estimate of drug-likeness (QED) is 0.798. The van der Waals surface area contributed by atoms with Crippen molar-refractivity contribution in [2.45, 2.75) is 40.3 Å². The predicted molar refractivity (Wildman–Crippen MR) is 87.3 cm³/mol. The molecule has 4 nitrogen and oxygen atoms in total. The van der Waals surface area contributed by atoms with E-state index in [1.807, 2.05) is 6.26 Å². The second-order valence-electron chi connectivity index (χ2n) is 6.51. The minimum absolute atomic E-state index is 0.676. The summed E-state index contributed by atoms with van der Waals surface area (Å²) in [5.41, 5.74) is 1.34. The van der Waals surface area contributed by atoms with Gasteiger partial charge in [-0.1, -0.05) is 20.8 Å². The summed E-state index contributed by atoms with van der Waals surface area (Å²) in [5, 5.41) is 3.47. The van der Waals surface area contributed by atoms with Crippen molar-refractivity contribution in [3.8, 4) is 0 Å². The molecule has 2 heterocycles. The third-order valence-corrected chi connectivity index (χ3v) is 4.07. The van der Waals surface area contributed by atoms with E-state index in [0.29, 0.717) is 5.92 Å². The van der Waals surface area contributed by atoms with Crippen molar-refractivity contribution in [3.05, 3.63) is 23.7 Å². The average molecular weight is 293 g/mol. The standard InChI is InChI=1S/C17H31N3O/c1-4-6-19-7-9-20(10-8-19)14-16-5-11-21-17(16)13-18-12-15(2)3/h5,11,15,18H,4,6-10,12-14H2,1-3H3. The summed E-state index contributed by atoms with van der Waals surface area (Å²) in [6, 6.07) is 2.13. The van der Waals surface area contributed by atoms with Gasteiger partial charge in [-0.05, 0) is 31.5 Å². The molecule has 0 aromatic carbocycles. The number of hydrogen-bond donors (Lipinski definition) is 1. The van der Waals surface area contributed by atoms with Crippen LogP contribution in [-0.2, 0) is 13.1 Å². The van der Waals surface area contributed by atoms with E-state index in [1.165, 1.54) is 44.7 Å². The smallest absolute Gasteiger partial charge is 0.122 e. The van der Waals surface area contributed by atoms with E-state index in [1.54, 1.807) is 0 Å². The molecule has 1 saturated heterocycles. The van der Waals surface area contributed by atoms with Gasteiger partial charge in [0, 0.05) is 38.3 Å². The van der Waals surface area contributed by atoms with Gasteiger partial charge in [-0.25, -0.2) is 0 Å². The molecule has 1 aromatic rings. The van der Waals surface area contributed by atoms with Gasteiger partial charge in [-0.3, -0.25) is 4.90 Å². The summed E-state index contributed by atoms with van der Waals surface area (Å²) in [7, 11) is 0. The summed E-state index contributed by atoms with van der Waals surface area (Å²) >= 11 is 0. The molecule has 1 aromatic heterocycles. The van der Waals surface area contributed by atoms with Crippen LogP contribution in [0.25, 0.3) is 0 Å². The van der Waals surface area contributed by atoms with Crippen LogP contribution in [0.3, 0.4) is 0 Å². The Balaban J connectivity index is 1.77. The molecule has 1 aliphatic rings. The van der Waals surface area contributed by atoms with E-state index in [2.05, 4.69) is 42.0 Å². The number of hydrogen-bond acceptors (Lipinski definition) is 4. The molecule has 0 bridgehead atoms. The average Bonchev–Trinajstić information content (AvgIpc) is 2.88. The summed E-state index contributed by atoms with van der Waals surface area (Å²) in [6.45, 7) is 15.6. The van der Waals surface area contributed by atoms with Gasteiger partial charge in [-0.2, -0.15) is 0 Å². The Morgan fingerprint density at radius 1 is 1.19 bits per heavy atom. The summed E-state index contributed by atoms with van der Waals surface area (Å²) in [5.74, 6) is 1.78. The monoisotopic (exact) mass is 293 g/mol. The highest BCUT2D eigenvalue weighted by Crippen LogP contribution is 2.15. The van der Waals surface area contributed by atoms with E-state index in [9.17, 15) is 0 Å². The first-order chi connectivity index (χ1) is 10.2. The fourth-order valence-electron chi connectivity index (χ4n) is 2.87. The lowest BCUT2D eigenvalue weighted by Crippen LogP contribution is -2.46. The maximum atomic E-state index is 5.65. The second kappa shape index (κ2) is 8.57. The third kappa shape index (κ3) is 5.46. The van der Waals surface area contributed by atoms with Gasteiger partial charge in [-0.15, -0.1) is 0 Å². The van der Waals surface area contributed by atoms with Crippen LogP contribution < -0.4 is 5.32 Å². The van der Waals surface area contributed by atoms with E-state index in [0.717, 1.165) is 25.4 Å². The Labute approximate surface area is 129 Å². The highest BCUT2D eigenvalue weighted by atomic mass is 16.3. The molecule has 4 heteroatoms. The lowest BCUT2D eigenvalue weighted by molar-refractivity contribution is 0.127. The van der Waals surface area contributed by atoms with Gasteiger partial charge < -0.3 is 14.6 Å². The topological polar surface area (TPSA) is 31.6 Å². The van der Waals surface area contributed by atoms with Gasteiger partial charge in [0.2, 0.25) is 0 Å². The number of rotatable bonds is 8. The number of furan rings is 1. The highest BCUT2D eigenvalue weighted by Gasteiger charge is 2.18. The Hall–Kier alpha value is -0.840. The summed E-state index contributed by atoms with van der Waals surface area (Å²) in [4.78, 5) is 5.11. The first-order valence-electron chi connectivity index (χ1n) is 8.39. The minimum Gasteiger partial charge on any atom is -0.468 e. The van der Waals surface area contributed by atoms with E-state index >= 15 is 0 Å². The first-order valence-corrected chi connectivity index (χ1v) is 8.39. The van der Waals surface area contributed by atoms with Crippen LogP contribution >= 0.6 is 0 Å². The zero-order chi connectivity index (χ0) is 15.1. The van der Waals surface area contributed by atoms with Gasteiger partial charge >= 0.3 is 0 Å². The molecule has 0 radical (unpaired) electrons. The molecule has 1 N–H and O–H groups in total. The summed E-state index contributed by atoms with van der Waals surface area (Å²) < 4.78 is 5.65. The van der Waals surface area contributed by atoms with E-state index in [-0.39, 0.29) is 0 Å². The Morgan fingerprint density at radius 2 is 1.90 bits per heavy atom. The van der Waals surface area contributed by atoms with Crippen LogP contribution in [0, 0.1) is 5.92 Å². The fourth-order valence-corrected chi connectivity index (χ4v) is 2.87. The van der Waals surface area contributed by atoms with E-state index in [4.69, 9.17) is 4.42 Å².